The zero-order valence-corrected chi connectivity index (χ0v) is 11.4. The average molecular weight is 256 g/mol. The zero-order valence-electron chi connectivity index (χ0n) is 10.6. The molecule has 1 rings (SSSR count). The molecule has 0 radical (unpaired) electrons. The van der Waals surface area contributed by atoms with E-state index in [-0.39, 0.29) is 23.6 Å². The number of rotatable bonds is 6. The second-order valence-electron chi connectivity index (χ2n) is 4.24. The summed E-state index contributed by atoms with van der Waals surface area (Å²) in [7, 11) is -2.93. The standard InChI is InChI=1S/C12H20N2O2S/c1-4-17(15,16)9-10(2)14-11(3)12-7-5-6-8-13-12/h5-8,10-11,14H,4,9H2,1-3H3/t10?,11-/m0/s1. The number of hydrogen-bond acceptors (Lipinski definition) is 4. The van der Waals surface area contributed by atoms with Crippen LogP contribution in [0.4, 0.5) is 0 Å². The van der Waals surface area contributed by atoms with Crippen molar-refractivity contribution in [3.05, 3.63) is 30.1 Å². The van der Waals surface area contributed by atoms with E-state index in [2.05, 4.69) is 10.3 Å². The van der Waals surface area contributed by atoms with Crippen molar-refractivity contribution < 1.29 is 8.42 Å². The zero-order chi connectivity index (χ0) is 12.9. The topological polar surface area (TPSA) is 59.1 Å². The molecule has 96 valence electrons. The highest BCUT2D eigenvalue weighted by Gasteiger charge is 2.16. The molecule has 0 aliphatic carbocycles. The number of pyridine rings is 1. The minimum absolute atomic E-state index is 0.0539. The third-order valence-corrected chi connectivity index (χ3v) is 4.50. The first-order chi connectivity index (χ1) is 7.94. The van der Waals surface area contributed by atoms with Crippen LogP contribution in [0.3, 0.4) is 0 Å². The van der Waals surface area contributed by atoms with Crippen LogP contribution < -0.4 is 5.32 Å². The van der Waals surface area contributed by atoms with E-state index < -0.39 is 9.84 Å². The first-order valence-corrected chi connectivity index (χ1v) is 7.64. The summed E-state index contributed by atoms with van der Waals surface area (Å²) in [4.78, 5) is 4.24. The molecule has 1 unspecified atom stereocenters. The molecule has 0 saturated heterocycles. The minimum atomic E-state index is -2.93. The Kier molecular flexibility index (Phi) is 5.08. The first kappa shape index (κ1) is 14.1. The Balaban J connectivity index is 2.55. The Morgan fingerprint density at radius 2 is 2.06 bits per heavy atom. The Bertz CT molecular complexity index is 431. The molecule has 0 spiro atoms. The molecule has 17 heavy (non-hydrogen) atoms. The summed E-state index contributed by atoms with van der Waals surface area (Å²) < 4.78 is 22.9. The second kappa shape index (κ2) is 6.12. The van der Waals surface area contributed by atoms with Crippen LogP contribution in [0.1, 0.15) is 32.5 Å². The van der Waals surface area contributed by atoms with Crippen LogP contribution in [0, 0.1) is 0 Å². The van der Waals surface area contributed by atoms with Crippen LogP contribution in [0.15, 0.2) is 24.4 Å². The SMILES string of the molecule is CCS(=O)(=O)CC(C)N[C@@H](C)c1ccccn1. The van der Waals surface area contributed by atoms with Crippen molar-refractivity contribution in [3.63, 3.8) is 0 Å². The highest BCUT2D eigenvalue weighted by atomic mass is 32.2. The summed E-state index contributed by atoms with van der Waals surface area (Å²) in [5.41, 5.74) is 0.924. The molecule has 0 bridgehead atoms. The summed E-state index contributed by atoms with van der Waals surface area (Å²) in [6, 6.07) is 5.70. The lowest BCUT2D eigenvalue weighted by Gasteiger charge is -2.19. The van der Waals surface area contributed by atoms with Gasteiger partial charge in [-0.05, 0) is 26.0 Å². The fourth-order valence-corrected chi connectivity index (χ4v) is 2.78. The maximum absolute atomic E-state index is 11.5. The molecule has 0 aliphatic rings. The number of sulfone groups is 1. The Hall–Kier alpha value is -0.940. The van der Waals surface area contributed by atoms with Gasteiger partial charge in [0, 0.05) is 24.0 Å². The second-order valence-corrected chi connectivity index (χ2v) is 6.64. The maximum atomic E-state index is 11.5. The van der Waals surface area contributed by atoms with Crippen molar-refractivity contribution in [1.29, 1.82) is 0 Å². The lowest BCUT2D eigenvalue weighted by atomic mass is 10.2. The molecule has 0 amide bonds. The molecule has 0 fully saturated rings. The molecule has 1 N–H and O–H groups in total. The van der Waals surface area contributed by atoms with Crippen LogP contribution in [-0.2, 0) is 9.84 Å². The van der Waals surface area contributed by atoms with Gasteiger partial charge in [-0.1, -0.05) is 13.0 Å². The van der Waals surface area contributed by atoms with E-state index in [1.165, 1.54) is 0 Å². The van der Waals surface area contributed by atoms with Gasteiger partial charge < -0.3 is 5.32 Å². The minimum Gasteiger partial charge on any atom is -0.305 e. The smallest absolute Gasteiger partial charge is 0.151 e. The molecule has 0 aliphatic heterocycles. The monoisotopic (exact) mass is 256 g/mol. The molecular weight excluding hydrogens is 236 g/mol. The van der Waals surface area contributed by atoms with Crippen LogP contribution in [0.2, 0.25) is 0 Å². The summed E-state index contributed by atoms with van der Waals surface area (Å²) in [5.74, 6) is 0.359. The Labute approximate surface area is 103 Å². The van der Waals surface area contributed by atoms with E-state index in [9.17, 15) is 8.42 Å². The fourth-order valence-electron chi connectivity index (χ4n) is 1.69. The van der Waals surface area contributed by atoms with Crippen molar-refractivity contribution in [2.75, 3.05) is 11.5 Å². The van der Waals surface area contributed by atoms with Gasteiger partial charge in [0.2, 0.25) is 0 Å². The summed E-state index contributed by atoms with van der Waals surface area (Å²) >= 11 is 0. The van der Waals surface area contributed by atoms with E-state index in [1.807, 2.05) is 32.0 Å². The number of nitrogens with zero attached hydrogens (tertiary/aromatic N) is 1. The highest BCUT2D eigenvalue weighted by Crippen LogP contribution is 2.09. The van der Waals surface area contributed by atoms with Gasteiger partial charge in [-0.15, -0.1) is 0 Å². The van der Waals surface area contributed by atoms with E-state index >= 15 is 0 Å². The predicted octanol–water partition coefficient (Wildman–Crippen LogP) is 1.56. The van der Waals surface area contributed by atoms with E-state index in [0.717, 1.165) is 5.69 Å². The summed E-state index contributed by atoms with van der Waals surface area (Å²) in [6.45, 7) is 5.54. The number of aromatic nitrogens is 1. The molecule has 1 heterocycles. The molecule has 0 aromatic carbocycles. The van der Waals surface area contributed by atoms with Crippen molar-refractivity contribution in [2.45, 2.75) is 32.9 Å². The van der Waals surface area contributed by atoms with E-state index in [4.69, 9.17) is 0 Å². The lowest BCUT2D eigenvalue weighted by Crippen LogP contribution is -2.35. The Morgan fingerprint density at radius 1 is 1.35 bits per heavy atom. The first-order valence-electron chi connectivity index (χ1n) is 5.82. The van der Waals surface area contributed by atoms with Crippen LogP contribution in [-0.4, -0.2) is 30.9 Å². The van der Waals surface area contributed by atoms with Crippen LogP contribution in [0.25, 0.3) is 0 Å². The molecule has 5 heteroatoms. The quantitative estimate of drug-likeness (QED) is 0.839. The molecule has 1 aromatic heterocycles. The largest absolute Gasteiger partial charge is 0.305 e. The maximum Gasteiger partial charge on any atom is 0.151 e. The Morgan fingerprint density at radius 3 is 2.59 bits per heavy atom. The highest BCUT2D eigenvalue weighted by molar-refractivity contribution is 7.91. The van der Waals surface area contributed by atoms with Crippen LogP contribution in [0.5, 0.6) is 0 Å². The van der Waals surface area contributed by atoms with E-state index in [0.29, 0.717) is 0 Å². The van der Waals surface area contributed by atoms with Crippen molar-refractivity contribution in [3.8, 4) is 0 Å². The van der Waals surface area contributed by atoms with Gasteiger partial charge in [0.05, 0.1) is 11.4 Å². The van der Waals surface area contributed by atoms with Gasteiger partial charge in [0.15, 0.2) is 9.84 Å². The van der Waals surface area contributed by atoms with Crippen molar-refractivity contribution in [1.82, 2.24) is 10.3 Å². The molecule has 2 atom stereocenters. The van der Waals surface area contributed by atoms with Gasteiger partial charge in [-0.2, -0.15) is 0 Å². The van der Waals surface area contributed by atoms with E-state index in [1.54, 1.807) is 13.1 Å². The van der Waals surface area contributed by atoms with Gasteiger partial charge in [0.25, 0.3) is 0 Å². The molecular formula is C12H20N2O2S. The number of nitrogens with one attached hydrogen (secondary N) is 1. The van der Waals surface area contributed by atoms with Gasteiger partial charge >= 0.3 is 0 Å². The molecule has 0 saturated carbocycles. The third-order valence-electron chi connectivity index (χ3n) is 2.61. The van der Waals surface area contributed by atoms with Gasteiger partial charge in [0.1, 0.15) is 0 Å². The van der Waals surface area contributed by atoms with Crippen molar-refractivity contribution >= 4 is 9.84 Å². The lowest BCUT2D eigenvalue weighted by molar-refractivity contribution is 0.492. The summed E-state index contributed by atoms with van der Waals surface area (Å²) in [6.07, 6.45) is 1.74. The predicted molar refractivity (Wildman–Crippen MR) is 69.6 cm³/mol. The average Bonchev–Trinajstić information content (AvgIpc) is 2.29. The third kappa shape index (κ3) is 4.83. The van der Waals surface area contributed by atoms with Crippen LogP contribution >= 0.6 is 0 Å². The fraction of sp³-hybridized carbons (Fsp3) is 0.583. The summed E-state index contributed by atoms with van der Waals surface area (Å²) in [5, 5.41) is 3.24. The normalized spacial score (nSPS) is 15.5. The van der Waals surface area contributed by atoms with Gasteiger partial charge in [-0.25, -0.2) is 8.42 Å². The van der Waals surface area contributed by atoms with Gasteiger partial charge in [-0.3, -0.25) is 4.98 Å². The molecule has 1 aromatic rings. The number of hydrogen-bond donors (Lipinski definition) is 1. The van der Waals surface area contributed by atoms with Crippen molar-refractivity contribution in [2.24, 2.45) is 0 Å². The molecule has 4 nitrogen and oxygen atoms in total.